The largest absolute Gasteiger partial charge is 0.573 e. The molecule has 2 N–H and O–H groups in total. The van der Waals surface area contributed by atoms with Crippen LogP contribution in [-0.4, -0.2) is 19.4 Å². The van der Waals surface area contributed by atoms with Crippen LogP contribution in [-0.2, 0) is 0 Å². The van der Waals surface area contributed by atoms with Gasteiger partial charge in [0.2, 0.25) is 5.55 Å². The van der Waals surface area contributed by atoms with Gasteiger partial charge in [-0.05, 0) is 24.3 Å². The number of hydrogen-bond acceptors (Lipinski definition) is 5. The summed E-state index contributed by atoms with van der Waals surface area (Å²) in [4.78, 5) is 15.9. The SMILES string of the molecule is COc1cccc2cc(C(N)=O)c(=Nc3cccc(OC(F)(F)F)c3)oc12. The summed E-state index contributed by atoms with van der Waals surface area (Å²) in [5.41, 5.74) is 5.58. The maximum absolute atomic E-state index is 12.4. The summed E-state index contributed by atoms with van der Waals surface area (Å²) < 4.78 is 51.9. The summed E-state index contributed by atoms with van der Waals surface area (Å²) in [6.45, 7) is 0. The molecule has 140 valence electrons. The first-order chi connectivity index (χ1) is 12.8. The van der Waals surface area contributed by atoms with E-state index in [0.29, 0.717) is 16.7 Å². The topological polar surface area (TPSA) is 87.1 Å². The molecule has 0 radical (unpaired) electrons. The minimum absolute atomic E-state index is 0.0297. The van der Waals surface area contributed by atoms with Crippen LogP contribution in [0.2, 0.25) is 0 Å². The number of halogens is 3. The lowest BCUT2D eigenvalue weighted by molar-refractivity contribution is -0.274. The molecule has 0 spiro atoms. The van der Waals surface area contributed by atoms with E-state index in [1.54, 1.807) is 18.2 Å². The van der Waals surface area contributed by atoms with E-state index < -0.39 is 18.0 Å². The zero-order valence-corrected chi connectivity index (χ0v) is 13.9. The smallest absolute Gasteiger partial charge is 0.493 e. The summed E-state index contributed by atoms with van der Waals surface area (Å²) in [6.07, 6.45) is -4.84. The van der Waals surface area contributed by atoms with Crippen molar-refractivity contribution in [2.75, 3.05) is 7.11 Å². The van der Waals surface area contributed by atoms with Crippen molar-refractivity contribution in [1.82, 2.24) is 0 Å². The number of primary amides is 1. The summed E-state index contributed by atoms with van der Waals surface area (Å²) >= 11 is 0. The predicted octanol–water partition coefficient (Wildman–Crippen LogP) is 3.67. The average Bonchev–Trinajstić information content (AvgIpc) is 2.59. The second-order valence-corrected chi connectivity index (χ2v) is 5.37. The molecule has 2 aromatic carbocycles. The molecule has 6 nitrogen and oxygen atoms in total. The molecule has 0 saturated carbocycles. The standard InChI is InChI=1S/C18H13F3N2O4/c1-25-14-7-2-4-10-8-13(16(22)24)17(26-15(10)14)23-11-5-3-6-12(9-11)27-18(19,20)21/h2-9H,1H3,(H2,22,24). The summed E-state index contributed by atoms with van der Waals surface area (Å²) in [5, 5.41) is 0.552. The number of nitrogens with two attached hydrogens (primary N) is 1. The number of fused-ring (bicyclic) bond motifs is 1. The highest BCUT2D eigenvalue weighted by Gasteiger charge is 2.31. The molecular weight excluding hydrogens is 365 g/mol. The molecule has 0 aliphatic carbocycles. The Labute approximate surface area is 150 Å². The van der Waals surface area contributed by atoms with Gasteiger partial charge in [-0.15, -0.1) is 13.2 Å². The average molecular weight is 378 g/mol. The van der Waals surface area contributed by atoms with Gasteiger partial charge in [-0.25, -0.2) is 4.99 Å². The Kier molecular flexibility index (Phi) is 4.76. The Morgan fingerprint density at radius 3 is 2.56 bits per heavy atom. The van der Waals surface area contributed by atoms with Crippen LogP contribution in [0.15, 0.2) is 57.9 Å². The monoisotopic (exact) mass is 378 g/mol. The van der Waals surface area contributed by atoms with E-state index in [1.807, 2.05) is 0 Å². The highest BCUT2D eigenvalue weighted by atomic mass is 19.4. The number of rotatable bonds is 4. The van der Waals surface area contributed by atoms with Crippen LogP contribution in [0.4, 0.5) is 18.9 Å². The molecule has 1 amide bonds. The molecule has 1 heterocycles. The molecule has 3 rings (SSSR count). The Hall–Kier alpha value is -3.49. The molecule has 0 bridgehead atoms. The first kappa shape index (κ1) is 18.3. The maximum Gasteiger partial charge on any atom is 0.573 e. The third kappa shape index (κ3) is 4.20. The minimum atomic E-state index is -4.84. The second kappa shape index (κ2) is 7.02. The fraction of sp³-hybridized carbons (Fsp3) is 0.111. The lowest BCUT2D eigenvalue weighted by atomic mass is 10.1. The van der Waals surface area contributed by atoms with Crippen molar-refractivity contribution in [3.63, 3.8) is 0 Å². The number of carbonyl (C=O) groups is 1. The first-order valence-corrected chi connectivity index (χ1v) is 7.58. The zero-order chi connectivity index (χ0) is 19.6. The van der Waals surface area contributed by atoms with Crippen LogP contribution in [0.1, 0.15) is 10.4 Å². The fourth-order valence-corrected chi connectivity index (χ4v) is 2.41. The number of nitrogens with zero attached hydrogens (tertiary/aromatic N) is 1. The van der Waals surface area contributed by atoms with Crippen molar-refractivity contribution in [3.05, 3.63) is 59.6 Å². The molecule has 3 aromatic rings. The highest BCUT2D eigenvalue weighted by Crippen LogP contribution is 2.27. The number of amides is 1. The zero-order valence-electron chi connectivity index (χ0n) is 13.9. The lowest BCUT2D eigenvalue weighted by Gasteiger charge is -2.09. The number of hydrogen-bond donors (Lipinski definition) is 1. The number of carbonyl (C=O) groups excluding carboxylic acids is 1. The number of alkyl halides is 3. The van der Waals surface area contributed by atoms with Crippen LogP contribution >= 0.6 is 0 Å². The molecular formula is C18H13F3N2O4. The Morgan fingerprint density at radius 1 is 1.15 bits per heavy atom. The van der Waals surface area contributed by atoms with Gasteiger partial charge in [-0.3, -0.25) is 4.79 Å². The van der Waals surface area contributed by atoms with E-state index in [1.165, 1.54) is 25.3 Å². The van der Waals surface area contributed by atoms with Crippen molar-refractivity contribution >= 4 is 22.6 Å². The number of para-hydroxylation sites is 1. The molecule has 0 aliphatic rings. The van der Waals surface area contributed by atoms with E-state index in [9.17, 15) is 18.0 Å². The highest BCUT2D eigenvalue weighted by molar-refractivity contribution is 5.96. The van der Waals surface area contributed by atoms with Crippen LogP contribution in [0.3, 0.4) is 0 Å². The van der Waals surface area contributed by atoms with Gasteiger partial charge < -0.3 is 19.6 Å². The molecule has 9 heteroatoms. The van der Waals surface area contributed by atoms with Gasteiger partial charge in [0.25, 0.3) is 5.91 Å². The summed E-state index contributed by atoms with van der Waals surface area (Å²) in [6, 6.07) is 11.4. The van der Waals surface area contributed by atoms with E-state index in [4.69, 9.17) is 14.9 Å². The van der Waals surface area contributed by atoms with Crippen LogP contribution in [0.25, 0.3) is 11.0 Å². The van der Waals surface area contributed by atoms with Crippen LogP contribution in [0.5, 0.6) is 11.5 Å². The predicted molar refractivity (Wildman–Crippen MR) is 89.6 cm³/mol. The Morgan fingerprint density at radius 2 is 1.89 bits per heavy atom. The van der Waals surface area contributed by atoms with E-state index in [0.717, 1.165) is 12.1 Å². The molecule has 0 aliphatic heterocycles. The van der Waals surface area contributed by atoms with Gasteiger partial charge in [0.1, 0.15) is 11.3 Å². The fourth-order valence-electron chi connectivity index (χ4n) is 2.41. The van der Waals surface area contributed by atoms with Crippen molar-refractivity contribution < 1.29 is 31.9 Å². The van der Waals surface area contributed by atoms with E-state index in [-0.39, 0.29) is 16.8 Å². The maximum atomic E-state index is 12.4. The third-order valence-corrected chi connectivity index (χ3v) is 3.51. The summed E-state index contributed by atoms with van der Waals surface area (Å²) in [7, 11) is 1.45. The second-order valence-electron chi connectivity index (χ2n) is 5.37. The molecule has 1 aromatic heterocycles. The summed E-state index contributed by atoms with van der Waals surface area (Å²) in [5.74, 6) is -0.859. The van der Waals surface area contributed by atoms with Crippen molar-refractivity contribution in [2.24, 2.45) is 10.7 Å². The van der Waals surface area contributed by atoms with E-state index in [2.05, 4.69) is 9.73 Å². The first-order valence-electron chi connectivity index (χ1n) is 7.58. The van der Waals surface area contributed by atoms with Gasteiger partial charge >= 0.3 is 6.36 Å². The number of benzene rings is 2. The van der Waals surface area contributed by atoms with Gasteiger partial charge in [-0.2, -0.15) is 0 Å². The molecule has 0 unspecified atom stereocenters. The van der Waals surface area contributed by atoms with Crippen molar-refractivity contribution in [3.8, 4) is 11.5 Å². The van der Waals surface area contributed by atoms with Gasteiger partial charge in [0.05, 0.1) is 12.8 Å². The van der Waals surface area contributed by atoms with Crippen molar-refractivity contribution in [1.29, 1.82) is 0 Å². The molecule has 0 saturated heterocycles. The van der Waals surface area contributed by atoms with Crippen LogP contribution in [0, 0.1) is 0 Å². The third-order valence-electron chi connectivity index (χ3n) is 3.51. The van der Waals surface area contributed by atoms with Crippen LogP contribution < -0.4 is 20.8 Å². The molecule has 0 atom stereocenters. The van der Waals surface area contributed by atoms with E-state index >= 15 is 0 Å². The number of methoxy groups -OCH3 is 1. The van der Waals surface area contributed by atoms with Gasteiger partial charge in [0, 0.05) is 11.5 Å². The molecule has 27 heavy (non-hydrogen) atoms. The number of ether oxygens (including phenoxy) is 2. The Bertz CT molecular complexity index is 1070. The quantitative estimate of drug-likeness (QED) is 0.750. The van der Waals surface area contributed by atoms with Crippen molar-refractivity contribution in [2.45, 2.75) is 6.36 Å². The minimum Gasteiger partial charge on any atom is -0.493 e. The molecule has 0 fully saturated rings. The van der Waals surface area contributed by atoms with Gasteiger partial charge in [-0.1, -0.05) is 18.2 Å². The van der Waals surface area contributed by atoms with Gasteiger partial charge in [0.15, 0.2) is 11.3 Å². The Balaban J connectivity index is 2.19. The normalized spacial score (nSPS) is 12.2. The lowest BCUT2D eigenvalue weighted by Crippen LogP contribution is -2.21.